The maximum atomic E-state index is 13.0. The highest BCUT2D eigenvalue weighted by molar-refractivity contribution is 8.27. The lowest BCUT2D eigenvalue weighted by molar-refractivity contribution is -0.114. The maximum absolute atomic E-state index is 13.0. The smallest absolute Gasteiger partial charge is 0.441 e. The number of hydrogen-bond acceptors (Lipinski definition) is 5. The monoisotopic (exact) mass is 480 g/mol. The minimum Gasteiger partial charge on any atom is -0.489 e. The Kier molecular flexibility index (Phi) is 5.45. The van der Waals surface area contributed by atoms with Crippen molar-refractivity contribution in [1.29, 1.82) is 5.41 Å². The minimum atomic E-state index is -4.69. The van der Waals surface area contributed by atoms with Crippen LogP contribution >= 0.6 is 11.8 Å². The molecule has 2 aliphatic rings. The number of thioether (sulfide) groups is 1. The van der Waals surface area contributed by atoms with Gasteiger partial charge in [0.05, 0.1) is 5.57 Å². The van der Waals surface area contributed by atoms with Crippen LogP contribution in [0, 0.1) is 5.41 Å². The number of amides is 1. The zero-order valence-electron chi connectivity index (χ0n) is 17.3. The van der Waals surface area contributed by atoms with Crippen molar-refractivity contribution in [2.45, 2.75) is 12.8 Å². The number of aliphatic imine (C=N–C) groups is 1. The number of nitrogens with one attached hydrogen (secondary N) is 1. The van der Waals surface area contributed by atoms with Crippen molar-refractivity contribution in [2.75, 3.05) is 0 Å². The molecule has 0 spiro atoms. The van der Waals surface area contributed by atoms with E-state index in [0.29, 0.717) is 17.9 Å². The average molecular weight is 480 g/mol. The summed E-state index contributed by atoms with van der Waals surface area (Å²) in [4.78, 5) is 16.1. The van der Waals surface area contributed by atoms with Gasteiger partial charge in [0.2, 0.25) is 10.2 Å². The van der Waals surface area contributed by atoms with Crippen LogP contribution in [-0.4, -0.2) is 33.1 Å². The Bertz CT molecular complexity index is 1420. The molecule has 2 heterocycles. The molecular formula is C24H15F3N4O2S. The third-order valence-corrected chi connectivity index (χ3v) is 6.09. The number of carbonyl (C=O) groups is 1. The van der Waals surface area contributed by atoms with E-state index in [2.05, 4.69) is 10.1 Å². The van der Waals surface area contributed by atoms with Crippen molar-refractivity contribution in [3.8, 4) is 5.75 Å². The van der Waals surface area contributed by atoms with E-state index in [1.165, 1.54) is 6.08 Å². The summed E-state index contributed by atoms with van der Waals surface area (Å²) >= 11 is 0.217. The van der Waals surface area contributed by atoms with Crippen LogP contribution in [0.1, 0.15) is 11.1 Å². The number of halogens is 3. The lowest BCUT2D eigenvalue weighted by Gasteiger charge is -2.20. The number of hydrazone groups is 1. The topological polar surface area (TPSA) is 78.1 Å². The number of alkyl halides is 3. The number of hydrogen-bond donors (Lipinski definition) is 1. The van der Waals surface area contributed by atoms with Crippen LogP contribution in [0.5, 0.6) is 5.75 Å². The molecule has 34 heavy (non-hydrogen) atoms. The van der Waals surface area contributed by atoms with Gasteiger partial charge in [0.25, 0.3) is 5.91 Å². The van der Waals surface area contributed by atoms with Gasteiger partial charge in [0.1, 0.15) is 12.4 Å². The molecule has 0 atom stereocenters. The first-order valence-electron chi connectivity index (χ1n) is 10.1. The summed E-state index contributed by atoms with van der Waals surface area (Å²) in [5.74, 6) is -0.733. The van der Waals surface area contributed by atoms with Crippen molar-refractivity contribution in [3.05, 3.63) is 83.4 Å². The number of carbonyl (C=O) groups excluding carboxylic acids is 1. The Morgan fingerprint density at radius 2 is 1.82 bits per heavy atom. The summed E-state index contributed by atoms with van der Waals surface area (Å²) in [5.41, 5.74) is 1.38. The molecule has 0 aromatic heterocycles. The van der Waals surface area contributed by atoms with Crippen LogP contribution in [0.15, 0.2) is 82.4 Å². The van der Waals surface area contributed by atoms with E-state index in [1.807, 2.05) is 42.5 Å². The van der Waals surface area contributed by atoms with Gasteiger partial charge < -0.3 is 4.74 Å². The van der Waals surface area contributed by atoms with E-state index in [9.17, 15) is 18.0 Å². The van der Waals surface area contributed by atoms with Crippen LogP contribution in [0.3, 0.4) is 0 Å². The molecule has 170 valence electrons. The van der Waals surface area contributed by atoms with Gasteiger partial charge in [-0.2, -0.15) is 28.3 Å². The highest BCUT2D eigenvalue weighted by Crippen LogP contribution is 2.35. The van der Waals surface area contributed by atoms with Crippen LogP contribution < -0.4 is 4.74 Å². The molecule has 0 saturated heterocycles. The molecule has 0 bridgehead atoms. The fourth-order valence-electron chi connectivity index (χ4n) is 3.55. The molecule has 6 nitrogen and oxygen atoms in total. The third-order valence-electron chi connectivity index (χ3n) is 5.14. The zero-order valence-corrected chi connectivity index (χ0v) is 18.2. The summed E-state index contributed by atoms with van der Waals surface area (Å²) < 4.78 is 44.9. The van der Waals surface area contributed by atoms with Gasteiger partial charge >= 0.3 is 6.18 Å². The molecule has 2 aliphatic heterocycles. The summed E-state index contributed by atoms with van der Waals surface area (Å²) in [5, 5.41) is 13.1. The second-order valence-corrected chi connectivity index (χ2v) is 8.38. The molecule has 0 aliphatic carbocycles. The summed E-state index contributed by atoms with van der Waals surface area (Å²) in [7, 11) is 0. The minimum absolute atomic E-state index is 0.164. The second-order valence-electron chi connectivity index (χ2n) is 7.42. The van der Waals surface area contributed by atoms with Crippen molar-refractivity contribution < 1.29 is 22.7 Å². The molecule has 5 rings (SSSR count). The predicted molar refractivity (Wildman–Crippen MR) is 126 cm³/mol. The Morgan fingerprint density at radius 3 is 2.65 bits per heavy atom. The van der Waals surface area contributed by atoms with Crippen molar-refractivity contribution in [1.82, 2.24) is 5.01 Å². The first kappa shape index (κ1) is 21.9. The van der Waals surface area contributed by atoms with Gasteiger partial charge in [-0.25, -0.2) is 0 Å². The molecule has 10 heteroatoms. The van der Waals surface area contributed by atoms with Crippen molar-refractivity contribution in [3.63, 3.8) is 0 Å². The van der Waals surface area contributed by atoms with Crippen molar-refractivity contribution >= 4 is 50.6 Å². The standard InChI is InChI=1S/C24H15F3N4O2S/c25-24(26,27)22-30-31-20(28)19(21(32)29-23(31)34-22)12-14-5-3-9-17(11-14)33-13-16-8-4-7-15-6-1-2-10-18(15)16/h1-12,28H,13H2/b19-12-,28-20?. The molecule has 0 unspecified atom stereocenters. The normalized spacial score (nSPS) is 17.1. The number of benzene rings is 3. The Hall–Kier alpha value is -3.92. The first-order valence-corrected chi connectivity index (χ1v) is 10.9. The van der Waals surface area contributed by atoms with Gasteiger partial charge in [0.15, 0.2) is 5.84 Å². The Balaban J connectivity index is 1.37. The first-order chi connectivity index (χ1) is 16.3. The van der Waals surface area contributed by atoms with Crippen molar-refractivity contribution in [2.24, 2.45) is 10.1 Å². The highest BCUT2D eigenvalue weighted by Gasteiger charge is 2.46. The molecule has 0 fully saturated rings. The molecule has 0 saturated carbocycles. The molecule has 1 amide bonds. The van der Waals surface area contributed by atoms with Crippen LogP contribution in [-0.2, 0) is 11.4 Å². The van der Waals surface area contributed by atoms with Gasteiger partial charge in [-0.15, -0.1) is 0 Å². The van der Waals surface area contributed by atoms with E-state index in [0.717, 1.165) is 21.3 Å². The Morgan fingerprint density at radius 1 is 1.06 bits per heavy atom. The molecule has 3 aromatic rings. The second kappa shape index (κ2) is 8.45. The molecule has 0 radical (unpaired) electrons. The summed E-state index contributed by atoms with van der Waals surface area (Å²) in [6.07, 6.45) is -3.30. The van der Waals surface area contributed by atoms with Crippen LogP contribution in [0.25, 0.3) is 16.8 Å². The molecule has 3 aromatic carbocycles. The summed E-state index contributed by atoms with van der Waals surface area (Å²) in [6, 6.07) is 20.8. The number of amidine groups is 2. The van der Waals surface area contributed by atoms with Crippen LogP contribution in [0.4, 0.5) is 13.2 Å². The molecular weight excluding hydrogens is 465 g/mol. The number of ether oxygens (including phenoxy) is 1. The zero-order chi connectivity index (χ0) is 23.9. The predicted octanol–water partition coefficient (Wildman–Crippen LogP) is 5.60. The van der Waals surface area contributed by atoms with E-state index in [1.54, 1.807) is 24.3 Å². The number of nitrogens with zero attached hydrogens (tertiary/aromatic N) is 3. The quantitative estimate of drug-likeness (QED) is 0.493. The lowest BCUT2D eigenvalue weighted by Crippen LogP contribution is -2.35. The summed E-state index contributed by atoms with van der Waals surface area (Å²) in [6.45, 7) is 0.323. The van der Waals surface area contributed by atoms with E-state index >= 15 is 0 Å². The fourth-order valence-corrected chi connectivity index (χ4v) is 4.31. The van der Waals surface area contributed by atoms with Gasteiger partial charge in [0, 0.05) is 0 Å². The van der Waals surface area contributed by atoms with E-state index in [-0.39, 0.29) is 22.5 Å². The fraction of sp³-hybridized carbons (Fsp3) is 0.0833. The highest BCUT2D eigenvalue weighted by atomic mass is 32.2. The average Bonchev–Trinajstić information content (AvgIpc) is 3.25. The number of fused-ring (bicyclic) bond motifs is 2. The lowest BCUT2D eigenvalue weighted by atomic mass is 10.1. The van der Waals surface area contributed by atoms with E-state index < -0.39 is 23.0 Å². The van der Waals surface area contributed by atoms with Gasteiger partial charge in [-0.05, 0) is 51.9 Å². The Labute approximate surface area is 195 Å². The maximum Gasteiger partial charge on any atom is 0.441 e. The van der Waals surface area contributed by atoms with E-state index in [4.69, 9.17) is 10.1 Å². The van der Waals surface area contributed by atoms with Gasteiger partial charge in [-0.3, -0.25) is 10.2 Å². The van der Waals surface area contributed by atoms with Crippen LogP contribution in [0.2, 0.25) is 0 Å². The number of rotatable bonds is 4. The largest absolute Gasteiger partial charge is 0.489 e. The third kappa shape index (κ3) is 4.19. The van der Waals surface area contributed by atoms with Gasteiger partial charge in [-0.1, -0.05) is 54.6 Å². The SMILES string of the molecule is N=C1/C(=C/c2cccc(OCc3cccc4ccccc34)c2)C(=O)N=C2SC(C(F)(F)F)=NN12. The molecule has 1 N–H and O–H groups in total.